The Kier molecular flexibility index (Phi) is 9.30. The number of anilines is 1. The number of carbonyl (C=O) groups is 1. The van der Waals surface area contributed by atoms with Crippen LogP contribution >= 0.6 is 11.6 Å². The van der Waals surface area contributed by atoms with Crippen molar-refractivity contribution in [2.45, 2.75) is 43.6 Å². The number of nitrogens with zero attached hydrogens (tertiary/aromatic N) is 2. The van der Waals surface area contributed by atoms with Gasteiger partial charge in [-0.1, -0.05) is 18.5 Å². The van der Waals surface area contributed by atoms with E-state index in [1.807, 2.05) is 4.90 Å². The number of nitrogens with one attached hydrogen (secondary N) is 1. The van der Waals surface area contributed by atoms with Gasteiger partial charge in [0.05, 0.1) is 10.6 Å². The van der Waals surface area contributed by atoms with Gasteiger partial charge in [0.1, 0.15) is 5.75 Å². The molecule has 0 bridgehead atoms. The minimum absolute atomic E-state index is 0.0342. The number of sulfone groups is 1. The van der Waals surface area contributed by atoms with Gasteiger partial charge >= 0.3 is 6.36 Å². The van der Waals surface area contributed by atoms with E-state index < -0.39 is 27.9 Å². The largest absolute Gasteiger partial charge is 0.573 e. The molecule has 1 amide bonds. The number of hydrogen-bond acceptors (Lipinski definition) is 7. The van der Waals surface area contributed by atoms with Crippen LogP contribution in [0, 0.1) is 0 Å². The number of halogens is 4. The molecule has 214 valence electrons. The molecule has 1 N–H and O–H groups in total. The van der Waals surface area contributed by atoms with Crippen molar-refractivity contribution in [2.75, 3.05) is 50.0 Å². The lowest BCUT2D eigenvalue weighted by Crippen LogP contribution is -2.51. The lowest BCUT2D eigenvalue weighted by Gasteiger charge is -2.41. The van der Waals surface area contributed by atoms with Crippen molar-refractivity contribution in [3.05, 3.63) is 52.5 Å². The number of piperazine rings is 1. The van der Waals surface area contributed by atoms with E-state index in [9.17, 15) is 26.4 Å². The van der Waals surface area contributed by atoms with Gasteiger partial charge in [-0.25, -0.2) is 8.42 Å². The fraction of sp³-hybridized carbons (Fsp3) is 0.500. The van der Waals surface area contributed by atoms with Crippen LogP contribution in [0.5, 0.6) is 5.75 Å². The molecule has 13 heteroatoms. The molecular formula is C26H31ClF3N3O5S. The van der Waals surface area contributed by atoms with Gasteiger partial charge in [0.15, 0.2) is 9.84 Å². The fourth-order valence-corrected chi connectivity index (χ4v) is 6.22. The maximum absolute atomic E-state index is 13.1. The van der Waals surface area contributed by atoms with Crippen LogP contribution in [0.1, 0.15) is 35.7 Å². The number of rotatable bonds is 8. The van der Waals surface area contributed by atoms with E-state index in [2.05, 4.69) is 15.0 Å². The highest BCUT2D eigenvalue weighted by Crippen LogP contribution is 2.30. The van der Waals surface area contributed by atoms with Crippen LogP contribution in [0.15, 0.2) is 41.3 Å². The molecule has 39 heavy (non-hydrogen) atoms. The number of alkyl halides is 3. The van der Waals surface area contributed by atoms with E-state index in [0.29, 0.717) is 24.8 Å². The highest BCUT2D eigenvalue weighted by molar-refractivity contribution is 7.91. The monoisotopic (exact) mass is 589 g/mol. The predicted octanol–water partition coefficient (Wildman–Crippen LogP) is 4.26. The van der Waals surface area contributed by atoms with Crippen LogP contribution in [0.2, 0.25) is 5.02 Å². The van der Waals surface area contributed by atoms with Gasteiger partial charge in [-0.2, -0.15) is 0 Å². The Bertz CT molecular complexity index is 1280. The third-order valence-corrected chi connectivity index (χ3v) is 9.01. The zero-order valence-corrected chi connectivity index (χ0v) is 23.0. The summed E-state index contributed by atoms with van der Waals surface area (Å²) in [5.41, 5.74) is 0.677. The van der Waals surface area contributed by atoms with Crippen LogP contribution in [-0.2, 0) is 21.1 Å². The summed E-state index contributed by atoms with van der Waals surface area (Å²) in [6.07, 6.45) is -3.03. The highest BCUT2D eigenvalue weighted by Gasteiger charge is 2.32. The quantitative estimate of drug-likeness (QED) is 0.492. The molecule has 2 saturated heterocycles. The predicted molar refractivity (Wildman–Crippen MR) is 141 cm³/mol. The van der Waals surface area contributed by atoms with Crippen LogP contribution < -0.4 is 15.0 Å². The van der Waals surface area contributed by atoms with Crippen LogP contribution in [-0.4, -0.2) is 76.8 Å². The summed E-state index contributed by atoms with van der Waals surface area (Å²) in [5, 5.41) is 2.90. The van der Waals surface area contributed by atoms with Crippen LogP contribution in [0.3, 0.4) is 0 Å². The van der Waals surface area contributed by atoms with E-state index in [-0.39, 0.29) is 33.3 Å². The summed E-state index contributed by atoms with van der Waals surface area (Å²) >= 11 is 6.05. The van der Waals surface area contributed by atoms with Crippen molar-refractivity contribution in [2.24, 2.45) is 0 Å². The molecule has 4 rings (SSSR count). The van der Waals surface area contributed by atoms with Gasteiger partial charge in [0, 0.05) is 74.3 Å². The number of carbonyl (C=O) groups excluding carboxylic acids is 1. The van der Waals surface area contributed by atoms with Crippen molar-refractivity contribution in [3.8, 4) is 5.75 Å². The lowest BCUT2D eigenvalue weighted by molar-refractivity contribution is -0.274. The Morgan fingerprint density at radius 3 is 2.44 bits per heavy atom. The Labute approximate surface area is 230 Å². The molecule has 0 spiro atoms. The second-order valence-corrected chi connectivity index (χ2v) is 12.2. The van der Waals surface area contributed by atoms with Gasteiger partial charge < -0.3 is 19.7 Å². The second-order valence-electron chi connectivity index (χ2n) is 9.47. The van der Waals surface area contributed by atoms with Gasteiger partial charge in [-0.3, -0.25) is 9.69 Å². The zero-order valence-electron chi connectivity index (χ0n) is 21.5. The molecule has 8 nitrogen and oxygen atoms in total. The third kappa shape index (κ3) is 7.77. The molecule has 2 aliphatic heterocycles. The first kappa shape index (κ1) is 29.4. The molecule has 2 aromatic rings. The minimum atomic E-state index is -4.93. The molecule has 0 aromatic heterocycles. The minimum Gasteiger partial charge on any atom is -0.406 e. The molecule has 2 aromatic carbocycles. The molecule has 0 aliphatic carbocycles. The summed E-state index contributed by atoms with van der Waals surface area (Å²) in [5.74, 6) is -1.32. The molecule has 2 aliphatic rings. The summed E-state index contributed by atoms with van der Waals surface area (Å²) < 4.78 is 73.8. The van der Waals surface area contributed by atoms with Crippen molar-refractivity contribution >= 4 is 33.0 Å². The van der Waals surface area contributed by atoms with Crippen molar-refractivity contribution in [1.82, 2.24) is 10.2 Å². The van der Waals surface area contributed by atoms with Crippen molar-refractivity contribution in [1.29, 1.82) is 0 Å². The summed E-state index contributed by atoms with van der Waals surface area (Å²) in [6.45, 7) is 5.40. The summed E-state index contributed by atoms with van der Waals surface area (Å²) in [6, 6.07) is 8.50. The van der Waals surface area contributed by atoms with Crippen molar-refractivity contribution in [3.63, 3.8) is 0 Å². The average Bonchev–Trinajstić information content (AvgIpc) is 2.91. The average molecular weight is 590 g/mol. The first-order valence-corrected chi connectivity index (χ1v) is 14.7. The third-order valence-electron chi connectivity index (χ3n) is 6.95. The molecule has 2 heterocycles. The normalized spacial score (nSPS) is 17.7. The Morgan fingerprint density at radius 1 is 1.10 bits per heavy atom. The Balaban J connectivity index is 1.52. The van der Waals surface area contributed by atoms with Gasteiger partial charge in [-0.15, -0.1) is 13.2 Å². The highest BCUT2D eigenvalue weighted by atomic mass is 35.5. The van der Waals surface area contributed by atoms with Gasteiger partial charge in [0.25, 0.3) is 5.91 Å². The molecule has 0 atom stereocenters. The molecule has 2 fully saturated rings. The van der Waals surface area contributed by atoms with E-state index in [0.717, 1.165) is 45.2 Å². The van der Waals surface area contributed by atoms with E-state index in [4.69, 9.17) is 16.3 Å². The topological polar surface area (TPSA) is 88.2 Å². The van der Waals surface area contributed by atoms with E-state index in [1.165, 1.54) is 37.3 Å². The molecule has 0 unspecified atom stereocenters. The SMILES string of the molecule is CCS(=O)(=O)c1ccc(Cl)cc1CNC(=O)c1cc(OC(F)(F)F)cc(N2CCN(C3CCOCC3)CC2)c1. The Morgan fingerprint density at radius 2 is 1.79 bits per heavy atom. The molecule has 0 saturated carbocycles. The fourth-order valence-electron chi connectivity index (χ4n) is 4.91. The maximum atomic E-state index is 13.1. The van der Waals surface area contributed by atoms with Gasteiger partial charge in [-0.05, 0) is 48.7 Å². The number of amides is 1. The van der Waals surface area contributed by atoms with Crippen molar-refractivity contribution < 1.29 is 35.9 Å². The zero-order chi connectivity index (χ0) is 28.2. The van der Waals surface area contributed by atoms with Gasteiger partial charge in [0.2, 0.25) is 0 Å². The number of benzene rings is 2. The van der Waals surface area contributed by atoms with E-state index in [1.54, 1.807) is 0 Å². The number of hydrogen-bond donors (Lipinski definition) is 1. The smallest absolute Gasteiger partial charge is 0.406 e. The standard InChI is InChI=1S/C26H31ClF3N3O5S/c1-2-39(35,36)24-4-3-20(27)13-19(24)17-31-25(34)18-14-22(16-23(15-18)38-26(28,29)30)33-9-7-32(8-10-33)21-5-11-37-12-6-21/h3-4,13-16,21H,2,5-12,17H2,1H3,(H,31,34). The molecule has 0 radical (unpaired) electrons. The maximum Gasteiger partial charge on any atom is 0.573 e. The lowest BCUT2D eigenvalue weighted by atomic mass is 10.1. The van der Waals surface area contributed by atoms with Crippen LogP contribution in [0.25, 0.3) is 0 Å². The second kappa shape index (κ2) is 12.3. The summed E-state index contributed by atoms with van der Waals surface area (Å²) in [4.78, 5) is 17.4. The van der Waals surface area contributed by atoms with E-state index >= 15 is 0 Å². The molecular weight excluding hydrogens is 559 g/mol. The first-order valence-electron chi connectivity index (χ1n) is 12.7. The van der Waals surface area contributed by atoms with Crippen LogP contribution in [0.4, 0.5) is 18.9 Å². The first-order chi connectivity index (χ1) is 18.4. The summed E-state index contributed by atoms with van der Waals surface area (Å²) in [7, 11) is -3.59. The Hall–Kier alpha value is -2.54. The number of ether oxygens (including phenoxy) is 2.